The molecular formula is C15H19BFN2O. The van der Waals surface area contributed by atoms with E-state index in [0.29, 0.717) is 6.42 Å². The molecule has 0 spiro atoms. The maximum Gasteiger partial charge on any atom is 0.129 e. The summed E-state index contributed by atoms with van der Waals surface area (Å²) in [4.78, 5) is 17.9. The zero-order chi connectivity index (χ0) is 13.2. The number of ketones is 1. The number of rotatable bonds is 3. The smallest absolute Gasteiger partial charge is 0.129 e. The van der Waals surface area contributed by atoms with Crippen molar-refractivity contribution < 1.29 is 9.50 Å². The molecular weight excluding hydrogens is 254 g/mol. The van der Waals surface area contributed by atoms with Crippen LogP contribution in [0.3, 0.4) is 0 Å². The van der Waals surface area contributed by atoms with Gasteiger partial charge in [-0.25, -0.2) is 0 Å². The Kier molecular flexibility index (Phi) is 12.2. The second-order valence-corrected chi connectivity index (χ2v) is 3.95. The fraction of sp³-hybridized carbons (Fsp3) is 0.267. The van der Waals surface area contributed by atoms with Crippen LogP contribution in [0.2, 0.25) is 0 Å². The molecule has 0 aliphatic heterocycles. The van der Waals surface area contributed by atoms with Crippen molar-refractivity contribution in [3.8, 4) is 0 Å². The summed E-state index contributed by atoms with van der Waals surface area (Å²) in [5.74, 6) is 0.255. The van der Waals surface area contributed by atoms with Crippen molar-refractivity contribution in [2.75, 3.05) is 0 Å². The minimum absolute atomic E-state index is 0. The minimum Gasteiger partial charge on any atom is -0.300 e. The van der Waals surface area contributed by atoms with Crippen molar-refractivity contribution in [3.63, 3.8) is 0 Å². The van der Waals surface area contributed by atoms with Gasteiger partial charge < -0.3 is 4.79 Å². The Morgan fingerprint density at radius 2 is 1.45 bits per heavy atom. The van der Waals surface area contributed by atoms with E-state index in [2.05, 4.69) is 22.1 Å². The number of hydrogen-bond acceptors (Lipinski definition) is 3. The SMILES string of the molecule is CCC(C)=O.F.[B].c1cncc(Cc2cccnc2)c1. The van der Waals surface area contributed by atoms with Crippen LogP contribution in [0, 0.1) is 0 Å². The molecule has 0 saturated heterocycles. The molecule has 0 bridgehead atoms. The largest absolute Gasteiger partial charge is 0.300 e. The van der Waals surface area contributed by atoms with E-state index in [1.54, 1.807) is 19.3 Å². The van der Waals surface area contributed by atoms with E-state index in [1.807, 2.05) is 31.5 Å². The maximum absolute atomic E-state index is 9.81. The van der Waals surface area contributed by atoms with E-state index in [4.69, 9.17) is 0 Å². The number of pyridine rings is 2. The first-order chi connectivity index (χ1) is 8.72. The van der Waals surface area contributed by atoms with E-state index in [-0.39, 0.29) is 18.9 Å². The second-order valence-electron chi connectivity index (χ2n) is 3.95. The number of Topliss-reactive ketones (excluding diaryl/α,β-unsaturated/α-hetero) is 1. The Hall–Kier alpha value is -2.04. The van der Waals surface area contributed by atoms with Crippen LogP contribution in [0.4, 0.5) is 4.70 Å². The van der Waals surface area contributed by atoms with Gasteiger partial charge in [0.05, 0.1) is 0 Å². The molecule has 2 aromatic heterocycles. The number of carbonyl (C=O) groups excluding carboxylic acids is 1. The van der Waals surface area contributed by atoms with Gasteiger partial charge in [-0.2, -0.15) is 0 Å². The van der Waals surface area contributed by atoms with Gasteiger partial charge in [0.2, 0.25) is 0 Å². The van der Waals surface area contributed by atoms with Gasteiger partial charge in [-0.05, 0) is 30.2 Å². The zero-order valence-corrected chi connectivity index (χ0v) is 11.8. The van der Waals surface area contributed by atoms with E-state index in [0.717, 1.165) is 6.42 Å². The highest BCUT2D eigenvalue weighted by atomic mass is 19.0. The normalized spacial score (nSPS) is 8.30. The lowest BCUT2D eigenvalue weighted by molar-refractivity contribution is -0.116. The molecule has 0 aliphatic rings. The third-order valence-corrected chi connectivity index (χ3v) is 2.35. The molecule has 3 nitrogen and oxygen atoms in total. The van der Waals surface area contributed by atoms with Crippen LogP contribution in [0.5, 0.6) is 0 Å². The van der Waals surface area contributed by atoms with E-state index < -0.39 is 0 Å². The van der Waals surface area contributed by atoms with E-state index in [1.165, 1.54) is 11.1 Å². The lowest BCUT2D eigenvalue weighted by atomic mass is 10.1. The highest BCUT2D eigenvalue weighted by Crippen LogP contribution is 2.05. The van der Waals surface area contributed by atoms with Crippen molar-refractivity contribution in [2.45, 2.75) is 26.7 Å². The molecule has 0 N–H and O–H groups in total. The standard InChI is InChI=1S/C11H10N2.C4H8O.B.FH/c1-3-10(8-12-5-1)7-11-4-2-6-13-9-11;1-3-4(2)5;;/h1-6,8-9H,7H2;3H2,1-2H3;;1H. The van der Waals surface area contributed by atoms with E-state index in [9.17, 15) is 4.79 Å². The summed E-state index contributed by atoms with van der Waals surface area (Å²) in [6, 6.07) is 8.04. The minimum atomic E-state index is 0. The third-order valence-electron chi connectivity index (χ3n) is 2.35. The van der Waals surface area contributed by atoms with E-state index >= 15 is 0 Å². The second kappa shape index (κ2) is 12.0. The molecule has 5 heteroatoms. The summed E-state index contributed by atoms with van der Waals surface area (Å²) in [6.07, 6.45) is 8.90. The first-order valence-corrected chi connectivity index (χ1v) is 5.99. The van der Waals surface area contributed by atoms with Crippen LogP contribution in [-0.2, 0) is 11.2 Å². The monoisotopic (exact) mass is 273 g/mol. The highest BCUT2D eigenvalue weighted by molar-refractivity contribution is 5.75. The molecule has 0 saturated carbocycles. The van der Waals surface area contributed by atoms with Gasteiger partial charge in [0.25, 0.3) is 0 Å². The van der Waals surface area contributed by atoms with Gasteiger partial charge in [-0.15, -0.1) is 0 Å². The Bertz CT molecular complexity index is 428. The van der Waals surface area contributed by atoms with Crippen molar-refractivity contribution >= 4 is 14.2 Å². The molecule has 0 unspecified atom stereocenters. The van der Waals surface area contributed by atoms with Gasteiger partial charge >= 0.3 is 0 Å². The molecule has 105 valence electrons. The summed E-state index contributed by atoms with van der Waals surface area (Å²) in [7, 11) is 0. The molecule has 0 atom stereocenters. The zero-order valence-electron chi connectivity index (χ0n) is 11.8. The lowest BCUT2D eigenvalue weighted by Gasteiger charge is -1.98. The summed E-state index contributed by atoms with van der Waals surface area (Å²) < 4.78 is 0. The van der Waals surface area contributed by atoms with Crippen LogP contribution < -0.4 is 0 Å². The van der Waals surface area contributed by atoms with Crippen molar-refractivity contribution in [1.29, 1.82) is 0 Å². The predicted molar refractivity (Wildman–Crippen MR) is 80.5 cm³/mol. The van der Waals surface area contributed by atoms with Gasteiger partial charge in [-0.1, -0.05) is 19.1 Å². The molecule has 2 heterocycles. The molecule has 2 aromatic rings. The van der Waals surface area contributed by atoms with Gasteiger partial charge in [0, 0.05) is 46.0 Å². The lowest BCUT2D eigenvalue weighted by Crippen LogP contribution is -1.88. The molecule has 0 fully saturated rings. The number of hydrogen-bond donors (Lipinski definition) is 0. The number of aromatic nitrogens is 2. The average Bonchev–Trinajstić information content (AvgIpc) is 2.42. The Morgan fingerprint density at radius 3 is 1.70 bits per heavy atom. The highest BCUT2D eigenvalue weighted by Gasteiger charge is 1.94. The third kappa shape index (κ3) is 8.97. The van der Waals surface area contributed by atoms with Crippen molar-refractivity contribution in [3.05, 3.63) is 60.2 Å². The van der Waals surface area contributed by atoms with Gasteiger partial charge in [-0.3, -0.25) is 14.7 Å². The Morgan fingerprint density at radius 1 is 1.05 bits per heavy atom. The fourth-order valence-corrected chi connectivity index (χ4v) is 1.24. The van der Waals surface area contributed by atoms with Crippen molar-refractivity contribution in [1.82, 2.24) is 9.97 Å². The van der Waals surface area contributed by atoms with Crippen LogP contribution >= 0.6 is 0 Å². The van der Waals surface area contributed by atoms with Gasteiger partial charge in [0.15, 0.2) is 0 Å². The van der Waals surface area contributed by atoms with Crippen LogP contribution in [0.15, 0.2) is 49.1 Å². The topological polar surface area (TPSA) is 42.9 Å². The number of nitrogens with zero attached hydrogens (tertiary/aromatic N) is 2. The molecule has 0 amide bonds. The summed E-state index contributed by atoms with van der Waals surface area (Å²) >= 11 is 0. The molecule has 0 aromatic carbocycles. The predicted octanol–water partition coefficient (Wildman–Crippen LogP) is 2.82. The maximum atomic E-state index is 9.81. The van der Waals surface area contributed by atoms with Crippen LogP contribution in [0.1, 0.15) is 31.4 Å². The fourth-order valence-electron chi connectivity index (χ4n) is 1.24. The summed E-state index contributed by atoms with van der Waals surface area (Å²) in [5, 5.41) is 0. The Labute approximate surface area is 121 Å². The van der Waals surface area contributed by atoms with Gasteiger partial charge in [0.1, 0.15) is 5.78 Å². The Balaban J connectivity index is 0. The molecule has 3 radical (unpaired) electrons. The quantitative estimate of drug-likeness (QED) is 0.807. The molecule has 0 aliphatic carbocycles. The van der Waals surface area contributed by atoms with Crippen LogP contribution in [0.25, 0.3) is 0 Å². The average molecular weight is 273 g/mol. The summed E-state index contributed by atoms with van der Waals surface area (Å²) in [5.41, 5.74) is 2.44. The first-order valence-electron chi connectivity index (χ1n) is 5.99. The van der Waals surface area contributed by atoms with Crippen molar-refractivity contribution in [2.24, 2.45) is 0 Å². The number of carbonyl (C=O) groups is 1. The van der Waals surface area contributed by atoms with Crippen LogP contribution in [-0.4, -0.2) is 24.2 Å². The summed E-state index contributed by atoms with van der Waals surface area (Å²) in [6.45, 7) is 3.43. The molecule has 20 heavy (non-hydrogen) atoms. The molecule has 2 rings (SSSR count). The number of halogens is 1. The first kappa shape index (κ1) is 20.3.